The van der Waals surface area contributed by atoms with E-state index in [1.807, 2.05) is 28.8 Å². The summed E-state index contributed by atoms with van der Waals surface area (Å²) >= 11 is 0. The second kappa shape index (κ2) is 10.1. The van der Waals surface area contributed by atoms with Crippen LogP contribution >= 0.6 is 0 Å². The molecule has 4 rings (SSSR count). The molecule has 0 amide bonds. The third kappa shape index (κ3) is 5.18. The Kier molecular flexibility index (Phi) is 6.96. The Hall–Kier alpha value is -3.35. The van der Waals surface area contributed by atoms with Crippen LogP contribution in [0.5, 0.6) is 5.75 Å². The number of aromatic nitrogens is 3. The summed E-state index contributed by atoms with van der Waals surface area (Å²) < 4.78 is 13.9. The summed E-state index contributed by atoms with van der Waals surface area (Å²) in [6.07, 6.45) is 3.34. The van der Waals surface area contributed by atoms with E-state index in [1.54, 1.807) is 4.68 Å². The van der Waals surface area contributed by atoms with Gasteiger partial charge in [-0.1, -0.05) is 48.9 Å². The van der Waals surface area contributed by atoms with E-state index in [0.29, 0.717) is 19.5 Å². The number of esters is 1. The average molecular weight is 450 g/mol. The van der Waals surface area contributed by atoms with Gasteiger partial charge in [-0.05, 0) is 48.9 Å². The fourth-order valence-corrected chi connectivity index (χ4v) is 4.26. The van der Waals surface area contributed by atoms with Crippen LogP contribution in [0, 0.1) is 6.92 Å². The van der Waals surface area contributed by atoms with Crippen molar-refractivity contribution >= 4 is 5.97 Å². The predicted molar refractivity (Wildman–Crippen MR) is 126 cm³/mol. The second-order valence-electron chi connectivity index (χ2n) is 8.62. The fraction of sp³-hybridized carbons (Fsp3) is 0.423. The van der Waals surface area contributed by atoms with Crippen LogP contribution < -0.4 is 10.4 Å². The number of nitrogens with zero attached hydrogens (tertiary/aromatic N) is 3. The molecule has 3 aromatic rings. The molecule has 1 aliphatic rings. The van der Waals surface area contributed by atoms with Crippen molar-refractivity contribution in [2.75, 3.05) is 7.11 Å². The molecule has 1 unspecified atom stereocenters. The van der Waals surface area contributed by atoms with Gasteiger partial charge in [0.15, 0.2) is 6.10 Å². The second-order valence-corrected chi connectivity index (χ2v) is 8.62. The third-order valence-electron chi connectivity index (χ3n) is 6.03. The molecule has 0 saturated heterocycles. The van der Waals surface area contributed by atoms with Crippen LogP contribution in [0.1, 0.15) is 47.8 Å². The van der Waals surface area contributed by atoms with Gasteiger partial charge >= 0.3 is 11.7 Å². The molecule has 1 aromatic heterocycles. The molecule has 0 aliphatic carbocycles. The molecule has 33 heavy (non-hydrogen) atoms. The van der Waals surface area contributed by atoms with E-state index in [1.165, 1.54) is 18.2 Å². The maximum Gasteiger partial charge on any atom is 0.347 e. The Labute approximate surface area is 194 Å². The first-order valence-electron chi connectivity index (χ1n) is 11.6. The van der Waals surface area contributed by atoms with Gasteiger partial charge in [-0.25, -0.2) is 14.3 Å². The van der Waals surface area contributed by atoms with Gasteiger partial charge in [0.1, 0.15) is 11.6 Å². The molecule has 0 spiro atoms. The van der Waals surface area contributed by atoms with Crippen LogP contribution in [0.15, 0.2) is 47.3 Å². The van der Waals surface area contributed by atoms with Crippen molar-refractivity contribution in [1.82, 2.24) is 14.3 Å². The maximum absolute atomic E-state index is 12.9. The summed E-state index contributed by atoms with van der Waals surface area (Å²) in [6, 6.07) is 14.3. The molecule has 2 aromatic carbocycles. The number of carbonyl (C=O) groups is 1. The highest BCUT2D eigenvalue weighted by molar-refractivity contribution is 5.76. The number of rotatable bonds is 9. The lowest BCUT2D eigenvalue weighted by atomic mass is 10.0. The summed E-state index contributed by atoms with van der Waals surface area (Å²) in [6.45, 7) is 5.28. The van der Waals surface area contributed by atoms with Crippen LogP contribution in [0.4, 0.5) is 0 Å². The SMILES string of the molecule is CCCn1c(CCCc2ccc3c(c2)CC(C(=O)OC)O3)nn(Cc2ccc(C)cc2)c1=O. The minimum absolute atomic E-state index is 0.0454. The van der Waals surface area contributed by atoms with Crippen molar-refractivity contribution in [2.24, 2.45) is 0 Å². The standard InChI is InChI=1S/C26H31N3O4/c1-4-14-28-24(27-29(26(28)31)17-20-10-8-18(2)9-11-20)7-5-6-19-12-13-22-21(15-19)16-23(33-22)25(30)32-3/h8-13,15,23H,4-7,14,16-17H2,1-3H3. The van der Waals surface area contributed by atoms with E-state index in [2.05, 4.69) is 37.1 Å². The van der Waals surface area contributed by atoms with Gasteiger partial charge in [-0.3, -0.25) is 4.57 Å². The molecule has 0 radical (unpaired) electrons. The van der Waals surface area contributed by atoms with Crippen molar-refractivity contribution in [3.05, 3.63) is 81.0 Å². The van der Waals surface area contributed by atoms with Crippen molar-refractivity contribution in [3.8, 4) is 5.75 Å². The molecular formula is C26H31N3O4. The van der Waals surface area contributed by atoms with Crippen LogP contribution in [-0.2, 0) is 41.9 Å². The molecule has 0 N–H and O–H groups in total. The molecule has 7 nitrogen and oxygen atoms in total. The quantitative estimate of drug-likeness (QED) is 0.468. The number of ether oxygens (including phenoxy) is 2. The Bertz CT molecular complexity index is 1180. The highest BCUT2D eigenvalue weighted by atomic mass is 16.6. The zero-order valence-corrected chi connectivity index (χ0v) is 19.5. The first kappa shape index (κ1) is 22.8. The van der Waals surface area contributed by atoms with E-state index < -0.39 is 6.10 Å². The Morgan fingerprint density at radius 1 is 1.15 bits per heavy atom. The number of methoxy groups -OCH3 is 1. The zero-order chi connectivity index (χ0) is 23.4. The Morgan fingerprint density at radius 3 is 2.64 bits per heavy atom. The van der Waals surface area contributed by atoms with E-state index in [9.17, 15) is 9.59 Å². The molecule has 7 heteroatoms. The number of hydrogen-bond acceptors (Lipinski definition) is 5. The van der Waals surface area contributed by atoms with Crippen LogP contribution in [0.3, 0.4) is 0 Å². The minimum atomic E-state index is -0.554. The molecule has 0 saturated carbocycles. The smallest absolute Gasteiger partial charge is 0.347 e. The minimum Gasteiger partial charge on any atom is -0.478 e. The van der Waals surface area contributed by atoms with E-state index in [4.69, 9.17) is 9.47 Å². The third-order valence-corrected chi connectivity index (χ3v) is 6.03. The van der Waals surface area contributed by atoms with Crippen molar-refractivity contribution in [3.63, 3.8) is 0 Å². The maximum atomic E-state index is 12.9. The molecular weight excluding hydrogens is 418 g/mol. The Balaban J connectivity index is 1.42. The van der Waals surface area contributed by atoms with Crippen LogP contribution in [0.25, 0.3) is 0 Å². The predicted octanol–water partition coefficient (Wildman–Crippen LogP) is 3.46. The van der Waals surface area contributed by atoms with Gasteiger partial charge in [0, 0.05) is 19.4 Å². The summed E-state index contributed by atoms with van der Waals surface area (Å²) in [5, 5.41) is 4.67. The van der Waals surface area contributed by atoms with Gasteiger partial charge in [0.25, 0.3) is 0 Å². The van der Waals surface area contributed by atoms with Crippen molar-refractivity contribution in [1.29, 1.82) is 0 Å². The molecule has 2 heterocycles. The van der Waals surface area contributed by atoms with Crippen LogP contribution in [-0.4, -0.2) is 33.5 Å². The first-order chi connectivity index (χ1) is 16.0. The molecule has 0 fully saturated rings. The monoisotopic (exact) mass is 449 g/mol. The molecule has 0 bridgehead atoms. The topological polar surface area (TPSA) is 75.3 Å². The highest BCUT2D eigenvalue weighted by Crippen LogP contribution is 2.30. The van der Waals surface area contributed by atoms with E-state index in [-0.39, 0.29) is 11.7 Å². The lowest BCUT2D eigenvalue weighted by molar-refractivity contribution is -0.147. The summed E-state index contributed by atoms with van der Waals surface area (Å²) in [5.74, 6) is 1.24. The van der Waals surface area contributed by atoms with Gasteiger partial charge < -0.3 is 9.47 Å². The van der Waals surface area contributed by atoms with Crippen molar-refractivity contribution < 1.29 is 14.3 Å². The van der Waals surface area contributed by atoms with Gasteiger partial charge in [-0.2, -0.15) is 5.10 Å². The number of fused-ring (bicyclic) bond motifs is 1. The zero-order valence-electron chi connectivity index (χ0n) is 19.5. The highest BCUT2D eigenvalue weighted by Gasteiger charge is 2.29. The van der Waals surface area contributed by atoms with Crippen molar-refractivity contribution in [2.45, 2.75) is 65.1 Å². The number of benzene rings is 2. The van der Waals surface area contributed by atoms with Gasteiger partial charge in [-0.15, -0.1) is 0 Å². The molecule has 1 atom stereocenters. The Morgan fingerprint density at radius 2 is 1.91 bits per heavy atom. The van der Waals surface area contributed by atoms with Crippen LogP contribution in [0.2, 0.25) is 0 Å². The largest absolute Gasteiger partial charge is 0.478 e. The van der Waals surface area contributed by atoms with E-state index >= 15 is 0 Å². The van der Waals surface area contributed by atoms with E-state index in [0.717, 1.165) is 48.4 Å². The van der Waals surface area contributed by atoms with Gasteiger partial charge in [0.05, 0.1) is 13.7 Å². The fourth-order valence-electron chi connectivity index (χ4n) is 4.26. The average Bonchev–Trinajstić information content (AvgIpc) is 3.37. The number of aryl methyl sites for hydroxylation is 3. The lowest BCUT2D eigenvalue weighted by Crippen LogP contribution is -2.26. The summed E-state index contributed by atoms with van der Waals surface area (Å²) in [5.41, 5.74) is 4.44. The summed E-state index contributed by atoms with van der Waals surface area (Å²) in [7, 11) is 1.38. The first-order valence-corrected chi connectivity index (χ1v) is 11.6. The summed E-state index contributed by atoms with van der Waals surface area (Å²) in [4.78, 5) is 24.7. The van der Waals surface area contributed by atoms with Gasteiger partial charge in [0.2, 0.25) is 0 Å². The molecule has 174 valence electrons. The normalized spacial score (nSPS) is 14.7. The molecule has 1 aliphatic heterocycles. The number of hydrogen-bond donors (Lipinski definition) is 0. The lowest BCUT2D eigenvalue weighted by Gasteiger charge is -2.07. The number of carbonyl (C=O) groups excluding carboxylic acids is 1.